The van der Waals surface area contributed by atoms with E-state index in [9.17, 15) is 0 Å². The quantitative estimate of drug-likeness (QED) is 0.850. The molecule has 3 heteroatoms. The Morgan fingerprint density at radius 3 is 2.14 bits per heavy atom. The van der Waals surface area contributed by atoms with Crippen LogP contribution in [0.1, 0.15) is 53.9 Å². The van der Waals surface area contributed by atoms with Crippen molar-refractivity contribution < 1.29 is 0 Å². The van der Waals surface area contributed by atoms with E-state index in [1.54, 1.807) is 0 Å². The minimum Gasteiger partial charge on any atom is -0.327 e. The Labute approximate surface area is 132 Å². The summed E-state index contributed by atoms with van der Waals surface area (Å²) in [6, 6.07) is 1.73. The maximum Gasteiger partial charge on any atom is 0.0195 e. The Bertz CT molecular complexity index is 324. The van der Waals surface area contributed by atoms with Crippen LogP contribution in [-0.2, 0) is 0 Å². The fourth-order valence-corrected chi connectivity index (χ4v) is 4.28. The van der Waals surface area contributed by atoms with Crippen molar-refractivity contribution in [2.75, 3.05) is 26.7 Å². The van der Waals surface area contributed by atoms with Gasteiger partial charge in [-0.25, -0.2) is 0 Å². The summed E-state index contributed by atoms with van der Waals surface area (Å²) in [6.45, 7) is 15.5. The number of nitrogens with two attached hydrogens (primary N) is 1. The van der Waals surface area contributed by atoms with Gasteiger partial charge in [0.25, 0.3) is 0 Å². The zero-order valence-electron chi connectivity index (χ0n) is 15.1. The smallest absolute Gasteiger partial charge is 0.0195 e. The van der Waals surface area contributed by atoms with Crippen molar-refractivity contribution in [3.63, 3.8) is 0 Å². The van der Waals surface area contributed by atoms with Crippen molar-refractivity contribution in [3.8, 4) is 0 Å². The first-order valence-electron chi connectivity index (χ1n) is 8.88. The first-order valence-corrected chi connectivity index (χ1v) is 8.88. The predicted molar refractivity (Wildman–Crippen MR) is 91.4 cm³/mol. The number of likely N-dealkylation sites (N-methyl/N-ethyl adjacent to an activating group) is 1. The Kier molecular flexibility index (Phi) is 5.38. The van der Waals surface area contributed by atoms with Gasteiger partial charge in [-0.3, -0.25) is 9.80 Å². The van der Waals surface area contributed by atoms with E-state index in [-0.39, 0.29) is 0 Å². The van der Waals surface area contributed by atoms with Gasteiger partial charge in [0, 0.05) is 37.8 Å². The molecule has 5 unspecified atom stereocenters. The lowest BCUT2D eigenvalue weighted by atomic mass is 9.67. The average molecular weight is 296 g/mol. The summed E-state index contributed by atoms with van der Waals surface area (Å²) >= 11 is 0. The largest absolute Gasteiger partial charge is 0.327 e. The van der Waals surface area contributed by atoms with Crippen LogP contribution < -0.4 is 5.73 Å². The molecule has 0 aromatic carbocycles. The van der Waals surface area contributed by atoms with Gasteiger partial charge in [0.15, 0.2) is 0 Å². The summed E-state index contributed by atoms with van der Waals surface area (Å²) < 4.78 is 0. The number of hydrogen-bond acceptors (Lipinski definition) is 3. The SMILES string of the molecule is CC1CN(CC2CC(C(C)(C)C)CCC2N)CC(C)N1C. The molecule has 1 saturated carbocycles. The summed E-state index contributed by atoms with van der Waals surface area (Å²) in [5.41, 5.74) is 6.89. The molecular formula is C18H37N3. The van der Waals surface area contributed by atoms with Crippen LogP contribution in [0.5, 0.6) is 0 Å². The van der Waals surface area contributed by atoms with E-state index in [0.29, 0.717) is 29.5 Å². The van der Waals surface area contributed by atoms with Gasteiger partial charge in [-0.2, -0.15) is 0 Å². The number of piperazine rings is 1. The lowest BCUT2D eigenvalue weighted by molar-refractivity contribution is 0.0324. The Morgan fingerprint density at radius 2 is 1.62 bits per heavy atom. The van der Waals surface area contributed by atoms with Crippen LogP contribution in [0.25, 0.3) is 0 Å². The number of nitrogens with zero attached hydrogens (tertiary/aromatic N) is 2. The molecular weight excluding hydrogens is 258 g/mol. The van der Waals surface area contributed by atoms with Gasteiger partial charge < -0.3 is 5.73 Å². The topological polar surface area (TPSA) is 32.5 Å². The zero-order valence-corrected chi connectivity index (χ0v) is 15.1. The monoisotopic (exact) mass is 295 g/mol. The van der Waals surface area contributed by atoms with Crippen molar-refractivity contribution >= 4 is 0 Å². The molecule has 0 bridgehead atoms. The van der Waals surface area contributed by atoms with Gasteiger partial charge in [-0.1, -0.05) is 20.8 Å². The van der Waals surface area contributed by atoms with Crippen molar-refractivity contribution in [3.05, 3.63) is 0 Å². The highest BCUT2D eigenvalue weighted by molar-refractivity contribution is 4.91. The van der Waals surface area contributed by atoms with Gasteiger partial charge >= 0.3 is 0 Å². The molecule has 2 aliphatic rings. The summed E-state index contributed by atoms with van der Waals surface area (Å²) in [5, 5.41) is 0. The highest BCUT2D eigenvalue weighted by atomic mass is 15.3. The molecule has 21 heavy (non-hydrogen) atoms. The Morgan fingerprint density at radius 1 is 1.05 bits per heavy atom. The maximum atomic E-state index is 6.46. The van der Waals surface area contributed by atoms with E-state index in [0.717, 1.165) is 5.92 Å². The van der Waals surface area contributed by atoms with Crippen molar-refractivity contribution in [1.29, 1.82) is 0 Å². The maximum absolute atomic E-state index is 6.46. The van der Waals surface area contributed by atoms with Gasteiger partial charge in [0.2, 0.25) is 0 Å². The van der Waals surface area contributed by atoms with Crippen LogP contribution in [-0.4, -0.2) is 54.6 Å². The fraction of sp³-hybridized carbons (Fsp3) is 1.00. The third kappa shape index (κ3) is 4.20. The average Bonchev–Trinajstić information content (AvgIpc) is 2.37. The Hall–Kier alpha value is -0.120. The lowest BCUT2D eigenvalue weighted by Gasteiger charge is -2.46. The first kappa shape index (κ1) is 17.2. The molecule has 5 atom stereocenters. The molecule has 1 aliphatic heterocycles. The summed E-state index contributed by atoms with van der Waals surface area (Å²) in [4.78, 5) is 5.18. The van der Waals surface area contributed by atoms with E-state index in [4.69, 9.17) is 5.73 Å². The molecule has 1 aliphatic carbocycles. The normalized spacial score (nSPS) is 40.4. The molecule has 0 spiro atoms. The molecule has 2 N–H and O–H groups in total. The molecule has 3 nitrogen and oxygen atoms in total. The Balaban J connectivity index is 1.94. The summed E-state index contributed by atoms with van der Waals surface area (Å²) in [6.07, 6.45) is 3.85. The molecule has 2 rings (SSSR count). The van der Waals surface area contributed by atoms with Gasteiger partial charge in [0.05, 0.1) is 0 Å². The van der Waals surface area contributed by atoms with E-state index in [1.165, 1.54) is 38.9 Å². The van der Waals surface area contributed by atoms with Gasteiger partial charge in [-0.15, -0.1) is 0 Å². The molecule has 0 radical (unpaired) electrons. The second kappa shape index (κ2) is 6.55. The fourth-order valence-electron chi connectivity index (χ4n) is 4.28. The minimum atomic E-state index is 0.411. The molecule has 1 heterocycles. The third-order valence-corrected chi connectivity index (χ3v) is 6.19. The second-order valence-corrected chi connectivity index (χ2v) is 8.88. The summed E-state index contributed by atoms with van der Waals surface area (Å²) in [7, 11) is 2.26. The van der Waals surface area contributed by atoms with Gasteiger partial charge in [0.1, 0.15) is 0 Å². The van der Waals surface area contributed by atoms with Crippen LogP contribution >= 0.6 is 0 Å². The van der Waals surface area contributed by atoms with Gasteiger partial charge in [-0.05, 0) is 57.4 Å². The highest BCUT2D eigenvalue weighted by Crippen LogP contribution is 2.40. The van der Waals surface area contributed by atoms with E-state index in [2.05, 4.69) is 51.5 Å². The second-order valence-electron chi connectivity index (χ2n) is 8.88. The highest BCUT2D eigenvalue weighted by Gasteiger charge is 2.36. The van der Waals surface area contributed by atoms with E-state index >= 15 is 0 Å². The lowest BCUT2D eigenvalue weighted by Crippen LogP contribution is -2.57. The van der Waals surface area contributed by atoms with Crippen LogP contribution in [0.4, 0.5) is 0 Å². The summed E-state index contributed by atoms with van der Waals surface area (Å²) in [5.74, 6) is 1.52. The molecule has 0 aromatic rings. The standard InChI is InChI=1S/C18H37N3/c1-13-10-21(11-14(2)20(13)6)12-15-9-16(18(3,4)5)7-8-17(15)19/h13-17H,7-12,19H2,1-6H3. The van der Waals surface area contributed by atoms with Crippen LogP contribution in [0.3, 0.4) is 0 Å². The number of rotatable bonds is 2. The van der Waals surface area contributed by atoms with Crippen LogP contribution in [0.15, 0.2) is 0 Å². The zero-order chi connectivity index (χ0) is 15.8. The number of hydrogen-bond donors (Lipinski definition) is 1. The molecule has 0 aromatic heterocycles. The van der Waals surface area contributed by atoms with E-state index in [1.807, 2.05) is 0 Å². The van der Waals surface area contributed by atoms with Crippen LogP contribution in [0.2, 0.25) is 0 Å². The van der Waals surface area contributed by atoms with E-state index < -0.39 is 0 Å². The van der Waals surface area contributed by atoms with Crippen molar-refractivity contribution in [1.82, 2.24) is 9.80 Å². The predicted octanol–water partition coefficient (Wildman–Crippen LogP) is 2.80. The molecule has 0 amide bonds. The molecule has 2 fully saturated rings. The first-order chi connectivity index (χ1) is 9.68. The minimum absolute atomic E-state index is 0.411. The van der Waals surface area contributed by atoms with Crippen molar-refractivity contribution in [2.24, 2.45) is 23.0 Å². The molecule has 1 saturated heterocycles. The van der Waals surface area contributed by atoms with Crippen molar-refractivity contribution in [2.45, 2.75) is 72.0 Å². The van der Waals surface area contributed by atoms with Crippen LogP contribution in [0, 0.1) is 17.3 Å². The molecule has 124 valence electrons. The third-order valence-electron chi connectivity index (χ3n) is 6.19.